The number of rotatable bonds is 5. The van der Waals surface area contributed by atoms with Crippen molar-refractivity contribution in [3.63, 3.8) is 0 Å². The first-order valence-electron chi connectivity index (χ1n) is 11.0. The monoisotopic (exact) mass is 422 g/mol. The molecular formula is C25H34N4O2. The topological polar surface area (TPSA) is 65.5 Å². The van der Waals surface area contributed by atoms with E-state index in [1.807, 2.05) is 61.2 Å². The van der Waals surface area contributed by atoms with Crippen molar-refractivity contribution in [1.82, 2.24) is 15.2 Å². The maximum atomic E-state index is 13.2. The molecule has 1 aromatic carbocycles. The average molecular weight is 423 g/mol. The Morgan fingerprint density at radius 2 is 1.61 bits per heavy atom. The first-order chi connectivity index (χ1) is 14.7. The zero-order chi connectivity index (χ0) is 22.6. The fourth-order valence-corrected chi connectivity index (χ4v) is 3.75. The molecule has 0 saturated carbocycles. The number of hydrogen-bond acceptors (Lipinski definition) is 4. The maximum absolute atomic E-state index is 13.2. The molecule has 1 atom stereocenters. The van der Waals surface area contributed by atoms with Gasteiger partial charge in [-0.05, 0) is 41.2 Å². The van der Waals surface area contributed by atoms with Crippen molar-refractivity contribution in [3.8, 4) is 0 Å². The first-order valence-corrected chi connectivity index (χ1v) is 11.0. The highest BCUT2D eigenvalue weighted by Gasteiger charge is 2.31. The third-order valence-corrected chi connectivity index (χ3v) is 5.80. The third-order valence-electron chi connectivity index (χ3n) is 5.80. The number of nitrogens with zero attached hydrogens (tertiary/aromatic N) is 3. The van der Waals surface area contributed by atoms with Crippen LogP contribution in [0.3, 0.4) is 0 Å². The van der Waals surface area contributed by atoms with Gasteiger partial charge in [-0.15, -0.1) is 0 Å². The van der Waals surface area contributed by atoms with E-state index in [-0.39, 0.29) is 23.1 Å². The number of carbonyl (C=O) groups excluding carboxylic acids is 2. The quantitative estimate of drug-likeness (QED) is 0.801. The van der Waals surface area contributed by atoms with Gasteiger partial charge in [0.25, 0.3) is 5.91 Å². The van der Waals surface area contributed by atoms with Gasteiger partial charge in [-0.3, -0.25) is 9.59 Å². The maximum Gasteiger partial charge on any atom is 0.251 e. The minimum absolute atomic E-state index is 0.000817. The highest BCUT2D eigenvalue weighted by atomic mass is 16.2. The number of nitrogens with one attached hydrogen (secondary N) is 1. The Morgan fingerprint density at radius 3 is 2.13 bits per heavy atom. The fraction of sp³-hybridized carbons (Fsp3) is 0.480. The second-order valence-electron chi connectivity index (χ2n) is 9.52. The number of pyridine rings is 1. The minimum atomic E-state index is -0.545. The van der Waals surface area contributed by atoms with Crippen molar-refractivity contribution >= 4 is 17.6 Å². The summed E-state index contributed by atoms with van der Waals surface area (Å²) in [4.78, 5) is 34.5. The fourth-order valence-electron chi connectivity index (χ4n) is 3.75. The number of aromatic nitrogens is 1. The van der Waals surface area contributed by atoms with E-state index in [4.69, 9.17) is 0 Å². The predicted molar refractivity (Wildman–Crippen MR) is 124 cm³/mol. The summed E-state index contributed by atoms with van der Waals surface area (Å²) in [7, 11) is 0. The molecule has 2 aromatic rings. The van der Waals surface area contributed by atoms with Crippen molar-refractivity contribution in [1.29, 1.82) is 0 Å². The highest BCUT2D eigenvalue weighted by Crippen LogP contribution is 2.22. The molecule has 2 heterocycles. The Bertz CT molecular complexity index is 880. The molecule has 31 heavy (non-hydrogen) atoms. The van der Waals surface area contributed by atoms with Crippen LogP contribution in [0.1, 0.15) is 50.5 Å². The van der Waals surface area contributed by atoms with Crippen LogP contribution in [0.4, 0.5) is 5.82 Å². The first kappa shape index (κ1) is 22.8. The number of hydrogen-bond donors (Lipinski definition) is 1. The Kier molecular flexibility index (Phi) is 6.98. The second kappa shape index (κ2) is 9.50. The van der Waals surface area contributed by atoms with Gasteiger partial charge in [-0.25, -0.2) is 4.98 Å². The lowest BCUT2D eigenvalue weighted by Gasteiger charge is -2.37. The molecule has 1 aliphatic heterocycles. The van der Waals surface area contributed by atoms with Crippen LogP contribution in [0, 0.1) is 5.92 Å². The zero-order valence-electron chi connectivity index (χ0n) is 19.3. The normalized spacial score (nSPS) is 15.7. The molecule has 3 rings (SSSR count). The Hall–Kier alpha value is -2.89. The van der Waals surface area contributed by atoms with Crippen molar-refractivity contribution in [2.75, 3.05) is 31.1 Å². The molecule has 0 radical (unpaired) electrons. The van der Waals surface area contributed by atoms with Gasteiger partial charge in [0, 0.05) is 37.9 Å². The smallest absolute Gasteiger partial charge is 0.251 e. The van der Waals surface area contributed by atoms with Gasteiger partial charge in [0.15, 0.2) is 0 Å². The molecule has 1 fully saturated rings. The summed E-state index contributed by atoms with van der Waals surface area (Å²) < 4.78 is 0. The zero-order valence-corrected chi connectivity index (χ0v) is 19.3. The summed E-state index contributed by atoms with van der Waals surface area (Å²) in [6.07, 6.45) is 1.78. The number of piperazine rings is 1. The van der Waals surface area contributed by atoms with Crippen LogP contribution in [-0.2, 0) is 10.2 Å². The lowest BCUT2D eigenvalue weighted by atomic mass is 9.86. The van der Waals surface area contributed by atoms with Gasteiger partial charge < -0.3 is 15.1 Å². The number of amides is 2. The summed E-state index contributed by atoms with van der Waals surface area (Å²) in [6.45, 7) is 13.1. The van der Waals surface area contributed by atoms with Crippen LogP contribution in [0.5, 0.6) is 0 Å². The van der Waals surface area contributed by atoms with Gasteiger partial charge in [-0.2, -0.15) is 0 Å². The van der Waals surface area contributed by atoms with Crippen molar-refractivity contribution in [3.05, 3.63) is 59.8 Å². The van der Waals surface area contributed by atoms with Crippen molar-refractivity contribution < 1.29 is 9.59 Å². The molecule has 0 bridgehead atoms. The summed E-state index contributed by atoms with van der Waals surface area (Å²) in [5.74, 6) is 0.705. The number of carbonyl (C=O) groups is 2. The standard InChI is InChI=1S/C25H34N4O2/c1-18(2)22(27-23(30)19-9-11-20(12-10-19)25(3,4)5)24(31)29-16-14-28(15-17-29)21-8-6-7-13-26-21/h6-13,18,22H,14-17H2,1-5H3,(H,27,30). The van der Waals surface area contributed by atoms with E-state index in [9.17, 15) is 9.59 Å². The van der Waals surface area contributed by atoms with Gasteiger partial charge in [0.2, 0.25) is 5.91 Å². The van der Waals surface area contributed by atoms with Gasteiger partial charge in [0.1, 0.15) is 11.9 Å². The summed E-state index contributed by atoms with van der Waals surface area (Å²) in [6, 6.07) is 13.0. The molecule has 1 N–H and O–H groups in total. The molecule has 1 unspecified atom stereocenters. The SMILES string of the molecule is CC(C)C(NC(=O)c1ccc(C(C)(C)C)cc1)C(=O)N1CCN(c2ccccn2)CC1. The number of anilines is 1. The molecular weight excluding hydrogens is 388 g/mol. The van der Waals surface area contributed by atoms with E-state index in [0.29, 0.717) is 18.7 Å². The number of benzene rings is 1. The highest BCUT2D eigenvalue weighted by molar-refractivity contribution is 5.97. The molecule has 1 aliphatic rings. The lowest BCUT2D eigenvalue weighted by molar-refractivity contribution is -0.134. The molecule has 0 spiro atoms. The van der Waals surface area contributed by atoms with Crippen LogP contribution in [0.15, 0.2) is 48.7 Å². The molecule has 1 aromatic heterocycles. The molecule has 6 heteroatoms. The van der Waals surface area contributed by atoms with Gasteiger partial charge in [0.05, 0.1) is 0 Å². The van der Waals surface area contributed by atoms with Crippen LogP contribution in [-0.4, -0.2) is 53.9 Å². The Morgan fingerprint density at radius 1 is 0.968 bits per heavy atom. The molecule has 1 saturated heterocycles. The Labute approximate surface area is 185 Å². The molecule has 6 nitrogen and oxygen atoms in total. The summed E-state index contributed by atoms with van der Waals surface area (Å²) in [5.41, 5.74) is 1.78. The van der Waals surface area contributed by atoms with Crippen LogP contribution in [0.2, 0.25) is 0 Å². The molecule has 0 aliphatic carbocycles. The summed E-state index contributed by atoms with van der Waals surface area (Å²) in [5, 5.41) is 2.97. The van der Waals surface area contributed by atoms with E-state index in [1.165, 1.54) is 5.56 Å². The van der Waals surface area contributed by atoms with E-state index in [0.717, 1.165) is 18.9 Å². The van der Waals surface area contributed by atoms with Crippen molar-refractivity contribution in [2.24, 2.45) is 5.92 Å². The van der Waals surface area contributed by atoms with E-state index in [1.54, 1.807) is 6.20 Å². The van der Waals surface area contributed by atoms with E-state index in [2.05, 4.69) is 36.0 Å². The lowest BCUT2D eigenvalue weighted by Crippen LogP contribution is -2.56. The largest absolute Gasteiger partial charge is 0.353 e. The third kappa shape index (κ3) is 5.63. The van der Waals surface area contributed by atoms with Crippen molar-refractivity contribution in [2.45, 2.75) is 46.1 Å². The minimum Gasteiger partial charge on any atom is -0.353 e. The van der Waals surface area contributed by atoms with Gasteiger partial charge in [-0.1, -0.05) is 52.8 Å². The van der Waals surface area contributed by atoms with E-state index >= 15 is 0 Å². The average Bonchev–Trinajstić information content (AvgIpc) is 2.77. The molecule has 2 amide bonds. The van der Waals surface area contributed by atoms with Crippen LogP contribution < -0.4 is 10.2 Å². The summed E-state index contributed by atoms with van der Waals surface area (Å²) >= 11 is 0. The van der Waals surface area contributed by atoms with Crippen LogP contribution in [0.25, 0.3) is 0 Å². The van der Waals surface area contributed by atoms with E-state index < -0.39 is 6.04 Å². The van der Waals surface area contributed by atoms with Gasteiger partial charge >= 0.3 is 0 Å². The second-order valence-corrected chi connectivity index (χ2v) is 9.52. The van der Waals surface area contributed by atoms with Crippen LogP contribution >= 0.6 is 0 Å². The Balaban J connectivity index is 1.62. The molecule has 166 valence electrons. The predicted octanol–water partition coefficient (Wildman–Crippen LogP) is 3.48.